The van der Waals surface area contributed by atoms with Crippen LogP contribution in [0.3, 0.4) is 0 Å². The Balaban J connectivity index is 1.66. The maximum absolute atomic E-state index is 13.4. The van der Waals surface area contributed by atoms with E-state index >= 15 is 0 Å². The SMILES string of the molecule is CC(C)C(NC(=O)C(CCC(=O)O)NC(=O)CCc1ccccc1)C(=O)NC(CC(=O)O)C(=O)CNS(=O)(=O)CC12CCC(CC1=O)C2(C)C. The largest absolute Gasteiger partial charge is 0.481 e. The van der Waals surface area contributed by atoms with Crippen LogP contribution in [0.4, 0.5) is 0 Å². The number of ketones is 2. The summed E-state index contributed by atoms with van der Waals surface area (Å²) < 4.78 is 28.4. The topological polar surface area (TPSA) is 242 Å². The third kappa shape index (κ3) is 10.2. The number of carbonyl (C=O) groups excluding carboxylic acids is 5. The molecule has 6 N–H and O–H groups in total. The Morgan fingerprint density at radius 3 is 2.10 bits per heavy atom. The molecule has 276 valence electrons. The fraction of sp³-hybridized carbons (Fsp3) is 0.618. The molecule has 5 atom stereocenters. The molecule has 5 unspecified atom stereocenters. The van der Waals surface area contributed by atoms with Gasteiger partial charge < -0.3 is 26.2 Å². The molecule has 2 fully saturated rings. The Hall–Kier alpha value is -4.18. The van der Waals surface area contributed by atoms with Crippen molar-refractivity contribution in [2.24, 2.45) is 22.7 Å². The lowest BCUT2D eigenvalue weighted by Gasteiger charge is -2.36. The predicted octanol–water partition coefficient (Wildman–Crippen LogP) is 0.953. The molecular weight excluding hydrogens is 672 g/mol. The standard InChI is InChI=1S/C34H48N4O11S/c1-20(2)30(38-31(46)23(11-13-28(42)43)36-27(41)12-10-21-8-6-5-7-9-21)32(47)37-24(17-29(44)45)25(39)18-35-50(48,49)19-34-15-14-22(16-26(34)40)33(34,3)4/h5-9,20,22-24,30,35H,10-19H2,1-4H3,(H,36,41)(H,37,47)(H,38,46)(H,42,43)(H,44,45). The molecule has 15 nitrogen and oxygen atoms in total. The Labute approximate surface area is 291 Å². The number of carboxylic acids is 2. The highest BCUT2D eigenvalue weighted by molar-refractivity contribution is 7.89. The van der Waals surface area contributed by atoms with Gasteiger partial charge in [-0.05, 0) is 48.5 Å². The number of Topliss-reactive ketones (excluding diaryl/α,β-unsaturated/α-hetero) is 2. The van der Waals surface area contributed by atoms with E-state index in [2.05, 4.69) is 20.7 Å². The van der Waals surface area contributed by atoms with Crippen LogP contribution in [0.15, 0.2) is 30.3 Å². The number of amides is 3. The molecule has 16 heteroatoms. The van der Waals surface area contributed by atoms with Gasteiger partial charge in [0.05, 0.1) is 24.8 Å². The van der Waals surface area contributed by atoms with E-state index in [0.29, 0.717) is 25.7 Å². The minimum atomic E-state index is -4.18. The fourth-order valence-corrected chi connectivity index (χ4v) is 8.75. The molecule has 50 heavy (non-hydrogen) atoms. The van der Waals surface area contributed by atoms with Crippen LogP contribution in [0.1, 0.15) is 78.2 Å². The van der Waals surface area contributed by atoms with Crippen LogP contribution >= 0.6 is 0 Å². The van der Waals surface area contributed by atoms with Crippen LogP contribution in [0.2, 0.25) is 0 Å². The number of carbonyl (C=O) groups is 7. The van der Waals surface area contributed by atoms with Crippen LogP contribution in [-0.2, 0) is 50.0 Å². The van der Waals surface area contributed by atoms with E-state index in [1.54, 1.807) is 13.8 Å². The van der Waals surface area contributed by atoms with Gasteiger partial charge in [-0.25, -0.2) is 13.1 Å². The van der Waals surface area contributed by atoms with E-state index < -0.39 is 105 Å². The van der Waals surface area contributed by atoms with E-state index in [9.17, 15) is 52.2 Å². The lowest BCUT2D eigenvalue weighted by molar-refractivity contribution is -0.141. The lowest BCUT2D eigenvalue weighted by Crippen LogP contribution is -2.58. The summed E-state index contributed by atoms with van der Waals surface area (Å²) >= 11 is 0. The summed E-state index contributed by atoms with van der Waals surface area (Å²) in [5.74, 6) is -7.15. The predicted molar refractivity (Wildman–Crippen MR) is 180 cm³/mol. The Morgan fingerprint density at radius 1 is 0.900 bits per heavy atom. The summed E-state index contributed by atoms with van der Waals surface area (Å²) in [4.78, 5) is 88.2. The zero-order valence-corrected chi connectivity index (χ0v) is 29.6. The average molecular weight is 721 g/mol. The average Bonchev–Trinajstić information content (AvgIpc) is 3.37. The van der Waals surface area contributed by atoms with Crippen molar-refractivity contribution >= 4 is 51.2 Å². The molecule has 2 bridgehead atoms. The summed E-state index contributed by atoms with van der Waals surface area (Å²) in [7, 11) is -4.18. The minimum Gasteiger partial charge on any atom is -0.481 e. The van der Waals surface area contributed by atoms with Crippen LogP contribution in [-0.4, -0.2) is 90.3 Å². The number of aliphatic carboxylic acids is 2. The Morgan fingerprint density at radius 2 is 1.56 bits per heavy atom. The highest BCUT2D eigenvalue weighted by Gasteiger charge is 2.65. The molecule has 3 rings (SSSR count). The maximum atomic E-state index is 13.4. The number of sulfonamides is 1. The second kappa shape index (κ2) is 16.7. The molecule has 2 aliphatic rings. The van der Waals surface area contributed by atoms with Gasteiger partial charge in [0.2, 0.25) is 27.7 Å². The number of fused-ring (bicyclic) bond motifs is 2. The second-order valence-electron chi connectivity index (χ2n) is 14.1. The molecule has 0 spiro atoms. The first kappa shape index (κ1) is 40.3. The molecule has 0 radical (unpaired) electrons. The lowest BCUT2D eigenvalue weighted by atomic mass is 9.70. The molecular formula is C34H48N4O11S. The van der Waals surface area contributed by atoms with Gasteiger partial charge in [-0.3, -0.25) is 33.6 Å². The van der Waals surface area contributed by atoms with Crippen molar-refractivity contribution in [2.75, 3.05) is 12.3 Å². The number of aryl methyl sites for hydroxylation is 1. The molecule has 3 amide bonds. The summed E-state index contributed by atoms with van der Waals surface area (Å²) in [6, 6.07) is 4.75. The van der Waals surface area contributed by atoms with Crippen molar-refractivity contribution in [3.8, 4) is 0 Å². The monoisotopic (exact) mass is 720 g/mol. The number of hydrogen-bond donors (Lipinski definition) is 6. The van der Waals surface area contributed by atoms with Gasteiger partial charge in [-0.1, -0.05) is 58.0 Å². The van der Waals surface area contributed by atoms with E-state index in [-0.39, 0.29) is 24.5 Å². The van der Waals surface area contributed by atoms with Gasteiger partial charge in [0, 0.05) is 24.7 Å². The summed E-state index contributed by atoms with van der Waals surface area (Å²) in [5.41, 5.74) is -0.756. The molecule has 1 aromatic carbocycles. The summed E-state index contributed by atoms with van der Waals surface area (Å²) in [6.07, 6.45) is 0.158. The van der Waals surface area contributed by atoms with E-state index in [1.165, 1.54) is 0 Å². The quantitative estimate of drug-likeness (QED) is 0.111. The number of rotatable bonds is 20. The molecule has 2 aliphatic carbocycles. The number of hydrogen-bond acceptors (Lipinski definition) is 9. The molecule has 2 saturated carbocycles. The smallest absolute Gasteiger partial charge is 0.305 e. The van der Waals surface area contributed by atoms with Crippen molar-refractivity contribution < 1.29 is 52.2 Å². The first-order valence-electron chi connectivity index (χ1n) is 16.7. The second-order valence-corrected chi connectivity index (χ2v) is 15.9. The van der Waals surface area contributed by atoms with Crippen molar-refractivity contribution in [3.63, 3.8) is 0 Å². The first-order chi connectivity index (χ1) is 23.3. The fourth-order valence-electron chi connectivity index (χ4n) is 6.96. The third-order valence-electron chi connectivity index (χ3n) is 10.2. The zero-order chi connectivity index (χ0) is 37.4. The van der Waals surface area contributed by atoms with Gasteiger partial charge in [-0.2, -0.15) is 0 Å². The van der Waals surface area contributed by atoms with Gasteiger partial charge in [0.25, 0.3) is 0 Å². The van der Waals surface area contributed by atoms with E-state index in [0.717, 1.165) is 5.56 Å². The number of nitrogens with one attached hydrogen (secondary N) is 4. The molecule has 1 aromatic rings. The van der Waals surface area contributed by atoms with Crippen LogP contribution in [0.5, 0.6) is 0 Å². The summed E-state index contributed by atoms with van der Waals surface area (Å²) in [6.45, 7) is 6.02. The highest BCUT2D eigenvalue weighted by atomic mass is 32.2. The Bertz CT molecular complexity index is 1580. The van der Waals surface area contributed by atoms with Crippen molar-refractivity contribution in [2.45, 2.75) is 97.2 Å². The van der Waals surface area contributed by atoms with Crippen LogP contribution in [0, 0.1) is 22.7 Å². The molecule has 0 aromatic heterocycles. The Kier molecular flexibility index (Phi) is 13.4. The van der Waals surface area contributed by atoms with Crippen molar-refractivity contribution in [3.05, 3.63) is 35.9 Å². The van der Waals surface area contributed by atoms with Crippen molar-refractivity contribution in [1.29, 1.82) is 0 Å². The third-order valence-corrected chi connectivity index (χ3v) is 11.6. The number of benzene rings is 1. The number of carboxylic acid groups (broad SMARTS) is 2. The molecule has 0 aliphatic heterocycles. The van der Waals surface area contributed by atoms with Crippen LogP contribution in [0.25, 0.3) is 0 Å². The van der Waals surface area contributed by atoms with Gasteiger partial charge in [-0.15, -0.1) is 0 Å². The van der Waals surface area contributed by atoms with E-state index in [1.807, 2.05) is 44.2 Å². The van der Waals surface area contributed by atoms with Gasteiger partial charge >= 0.3 is 11.9 Å². The maximum Gasteiger partial charge on any atom is 0.305 e. The molecule has 0 saturated heterocycles. The zero-order valence-electron chi connectivity index (χ0n) is 28.8. The van der Waals surface area contributed by atoms with Gasteiger partial charge in [0.1, 0.15) is 17.9 Å². The van der Waals surface area contributed by atoms with Crippen molar-refractivity contribution in [1.82, 2.24) is 20.7 Å². The normalized spacial score (nSPS) is 21.2. The van der Waals surface area contributed by atoms with E-state index in [4.69, 9.17) is 0 Å². The molecule has 0 heterocycles. The highest BCUT2D eigenvalue weighted by Crippen LogP contribution is 2.64. The first-order valence-corrected chi connectivity index (χ1v) is 18.3. The van der Waals surface area contributed by atoms with Gasteiger partial charge in [0.15, 0.2) is 5.78 Å². The summed E-state index contributed by atoms with van der Waals surface area (Å²) in [5, 5.41) is 25.9. The minimum absolute atomic E-state index is 0.00721. The van der Waals surface area contributed by atoms with Crippen LogP contribution < -0.4 is 20.7 Å².